The van der Waals surface area contributed by atoms with Gasteiger partial charge >= 0.3 is 0 Å². The van der Waals surface area contributed by atoms with Crippen LogP contribution < -0.4 is 0 Å². The minimum atomic E-state index is -3.11. The van der Waals surface area contributed by atoms with Gasteiger partial charge in [0.05, 0.1) is 5.75 Å². The number of sulfonamides is 1. The molecule has 2 heterocycles. The molecule has 1 atom stereocenters. The van der Waals surface area contributed by atoms with Crippen molar-refractivity contribution in [3.05, 3.63) is 10.6 Å². The summed E-state index contributed by atoms with van der Waals surface area (Å²) in [4.78, 5) is 0. The molecule has 2 aliphatic rings. The Morgan fingerprint density at radius 2 is 2.15 bits per heavy atom. The number of nitrogens with zero attached hydrogens (tertiary/aromatic N) is 3. The molecule has 0 radical (unpaired) electrons. The fraction of sp³-hybridized carbons (Fsp3) is 0.833. The molecule has 8 heteroatoms. The van der Waals surface area contributed by atoms with Crippen LogP contribution in [0.4, 0.5) is 0 Å². The first-order chi connectivity index (χ1) is 9.53. The van der Waals surface area contributed by atoms with Crippen LogP contribution >= 0.6 is 12.2 Å². The number of rotatable bonds is 4. The summed E-state index contributed by atoms with van der Waals surface area (Å²) in [7, 11) is -3.11. The summed E-state index contributed by atoms with van der Waals surface area (Å²) in [5.41, 5.74) is 0. The van der Waals surface area contributed by atoms with Crippen LogP contribution in [0.1, 0.15) is 50.4 Å². The summed E-state index contributed by atoms with van der Waals surface area (Å²) in [5.74, 6) is 1.25. The van der Waals surface area contributed by atoms with Gasteiger partial charge in [0.2, 0.25) is 10.0 Å². The van der Waals surface area contributed by atoms with Crippen LogP contribution in [-0.2, 0) is 10.0 Å². The van der Waals surface area contributed by atoms with Gasteiger partial charge in [-0.3, -0.25) is 5.10 Å². The molecule has 6 nitrogen and oxygen atoms in total. The zero-order valence-corrected chi connectivity index (χ0v) is 13.2. The Balaban J connectivity index is 1.86. The first-order valence-electron chi connectivity index (χ1n) is 7.17. The molecule has 2 fully saturated rings. The number of piperidine rings is 1. The topological polar surface area (TPSA) is 71.0 Å². The molecular weight excluding hydrogens is 296 g/mol. The monoisotopic (exact) mass is 316 g/mol. The predicted octanol–water partition coefficient (Wildman–Crippen LogP) is 1.80. The summed E-state index contributed by atoms with van der Waals surface area (Å²) in [6.45, 7) is 2.85. The smallest absolute Gasteiger partial charge is 0.213 e. The SMILES string of the molecule is CCS(=O)(=O)N1CCC[C@H](c2n[nH]c(=S)n2C2CC2)C1. The Labute approximate surface area is 124 Å². The summed E-state index contributed by atoms with van der Waals surface area (Å²) < 4.78 is 28.4. The largest absolute Gasteiger partial charge is 0.301 e. The Morgan fingerprint density at radius 1 is 1.40 bits per heavy atom. The maximum atomic E-state index is 12.0. The van der Waals surface area contributed by atoms with Crippen LogP contribution in [0.5, 0.6) is 0 Å². The highest BCUT2D eigenvalue weighted by molar-refractivity contribution is 7.89. The van der Waals surface area contributed by atoms with E-state index in [0.29, 0.717) is 23.9 Å². The molecule has 1 saturated carbocycles. The molecule has 0 spiro atoms. The van der Waals surface area contributed by atoms with E-state index in [0.717, 1.165) is 31.5 Å². The van der Waals surface area contributed by atoms with Crippen molar-refractivity contribution in [3.8, 4) is 0 Å². The summed E-state index contributed by atoms with van der Waals surface area (Å²) >= 11 is 5.30. The highest BCUT2D eigenvalue weighted by Crippen LogP contribution is 2.38. The molecule has 3 rings (SSSR count). The van der Waals surface area contributed by atoms with Crippen LogP contribution in [0.3, 0.4) is 0 Å². The van der Waals surface area contributed by atoms with E-state index in [-0.39, 0.29) is 11.7 Å². The fourth-order valence-electron chi connectivity index (χ4n) is 2.88. The van der Waals surface area contributed by atoms with Gasteiger partial charge in [-0.2, -0.15) is 5.10 Å². The van der Waals surface area contributed by atoms with Gasteiger partial charge < -0.3 is 4.57 Å². The zero-order chi connectivity index (χ0) is 14.3. The fourth-order valence-corrected chi connectivity index (χ4v) is 4.35. The van der Waals surface area contributed by atoms with Crippen molar-refractivity contribution in [1.29, 1.82) is 0 Å². The molecule has 1 saturated heterocycles. The van der Waals surface area contributed by atoms with Gasteiger partial charge in [0.15, 0.2) is 4.77 Å². The van der Waals surface area contributed by atoms with E-state index in [9.17, 15) is 8.42 Å². The van der Waals surface area contributed by atoms with Crippen LogP contribution in [0, 0.1) is 4.77 Å². The summed E-state index contributed by atoms with van der Waals surface area (Å²) in [6, 6.07) is 0.467. The van der Waals surface area contributed by atoms with Crippen molar-refractivity contribution in [2.45, 2.75) is 44.6 Å². The molecule has 0 amide bonds. The van der Waals surface area contributed by atoms with Crippen LogP contribution in [0.15, 0.2) is 0 Å². The number of aromatic nitrogens is 3. The lowest BCUT2D eigenvalue weighted by molar-refractivity contribution is 0.304. The average molecular weight is 316 g/mol. The minimum Gasteiger partial charge on any atom is -0.301 e. The first-order valence-corrected chi connectivity index (χ1v) is 9.19. The Morgan fingerprint density at radius 3 is 2.80 bits per heavy atom. The number of H-pyrrole nitrogens is 1. The third kappa shape index (κ3) is 2.56. The quantitative estimate of drug-likeness (QED) is 0.860. The number of hydrogen-bond donors (Lipinski definition) is 1. The van der Waals surface area contributed by atoms with Gasteiger partial charge in [0.1, 0.15) is 5.82 Å². The number of nitrogens with one attached hydrogen (secondary N) is 1. The van der Waals surface area contributed by atoms with Gasteiger partial charge in [0.25, 0.3) is 0 Å². The average Bonchev–Trinajstić information content (AvgIpc) is 3.21. The molecule has 1 aliphatic heterocycles. The Kier molecular flexibility index (Phi) is 3.72. The van der Waals surface area contributed by atoms with Gasteiger partial charge in [-0.1, -0.05) is 0 Å². The van der Waals surface area contributed by atoms with Gasteiger partial charge in [-0.25, -0.2) is 12.7 Å². The molecule has 20 heavy (non-hydrogen) atoms. The third-order valence-electron chi connectivity index (χ3n) is 4.15. The zero-order valence-electron chi connectivity index (χ0n) is 11.6. The minimum absolute atomic E-state index is 0.152. The molecule has 0 aromatic carbocycles. The summed E-state index contributed by atoms with van der Waals surface area (Å²) in [5, 5.41) is 7.24. The highest BCUT2D eigenvalue weighted by atomic mass is 32.2. The normalized spacial score (nSPS) is 24.9. The molecular formula is C12H20N4O2S2. The molecule has 0 unspecified atom stereocenters. The predicted molar refractivity (Wildman–Crippen MR) is 78.7 cm³/mol. The van der Waals surface area contributed by atoms with Gasteiger partial charge in [0, 0.05) is 25.0 Å². The van der Waals surface area contributed by atoms with Gasteiger partial charge in [-0.15, -0.1) is 0 Å². The van der Waals surface area contributed by atoms with E-state index in [1.54, 1.807) is 11.2 Å². The number of aromatic amines is 1. The second-order valence-corrected chi connectivity index (χ2v) is 8.23. The van der Waals surface area contributed by atoms with Crippen LogP contribution in [0.25, 0.3) is 0 Å². The second kappa shape index (κ2) is 5.23. The van der Waals surface area contributed by atoms with E-state index >= 15 is 0 Å². The Bertz CT molecular complexity index is 645. The second-order valence-electron chi connectivity index (χ2n) is 5.59. The molecule has 1 aliphatic carbocycles. The van der Waals surface area contributed by atoms with Crippen molar-refractivity contribution in [1.82, 2.24) is 19.1 Å². The summed E-state index contributed by atoms with van der Waals surface area (Å²) in [6.07, 6.45) is 4.14. The highest BCUT2D eigenvalue weighted by Gasteiger charge is 2.34. The van der Waals surface area contributed by atoms with E-state index in [2.05, 4.69) is 14.8 Å². The van der Waals surface area contributed by atoms with Gasteiger partial charge in [-0.05, 0) is 44.8 Å². The van der Waals surface area contributed by atoms with E-state index in [4.69, 9.17) is 12.2 Å². The molecule has 1 aromatic heterocycles. The third-order valence-corrected chi connectivity index (χ3v) is 6.29. The van der Waals surface area contributed by atoms with Crippen molar-refractivity contribution >= 4 is 22.2 Å². The first kappa shape index (κ1) is 14.2. The lowest BCUT2D eigenvalue weighted by Gasteiger charge is -2.31. The van der Waals surface area contributed by atoms with Crippen molar-refractivity contribution in [3.63, 3.8) is 0 Å². The van der Waals surface area contributed by atoms with Crippen LogP contribution in [0.2, 0.25) is 0 Å². The molecule has 1 aromatic rings. The maximum absolute atomic E-state index is 12.0. The van der Waals surface area contributed by atoms with Crippen LogP contribution in [-0.4, -0.2) is 46.3 Å². The number of hydrogen-bond acceptors (Lipinski definition) is 4. The lowest BCUT2D eigenvalue weighted by atomic mass is 9.99. The Hall–Kier alpha value is -0.730. The molecule has 0 bridgehead atoms. The van der Waals surface area contributed by atoms with Crippen molar-refractivity contribution in [2.75, 3.05) is 18.8 Å². The maximum Gasteiger partial charge on any atom is 0.213 e. The van der Waals surface area contributed by atoms with E-state index in [1.807, 2.05) is 0 Å². The standard InChI is InChI=1S/C12H20N4O2S2/c1-2-20(17,18)15-7-3-4-9(8-15)11-13-14-12(19)16(11)10-5-6-10/h9-10H,2-8H2,1H3,(H,14,19)/t9-/m0/s1. The molecule has 112 valence electrons. The van der Waals surface area contributed by atoms with Crippen molar-refractivity contribution in [2.24, 2.45) is 0 Å². The van der Waals surface area contributed by atoms with E-state index < -0.39 is 10.0 Å². The van der Waals surface area contributed by atoms with E-state index in [1.165, 1.54) is 0 Å². The van der Waals surface area contributed by atoms with Crippen molar-refractivity contribution < 1.29 is 8.42 Å². The molecule has 1 N–H and O–H groups in total. The lowest BCUT2D eigenvalue weighted by Crippen LogP contribution is -2.40.